The van der Waals surface area contributed by atoms with Crippen LogP contribution >= 0.6 is 11.3 Å². The summed E-state index contributed by atoms with van der Waals surface area (Å²) in [5.41, 5.74) is 4.95. The number of aromatic nitrogens is 2. The van der Waals surface area contributed by atoms with Crippen molar-refractivity contribution in [3.8, 4) is 10.7 Å². The van der Waals surface area contributed by atoms with E-state index in [9.17, 15) is 9.59 Å². The highest BCUT2D eigenvalue weighted by Crippen LogP contribution is 2.24. The summed E-state index contributed by atoms with van der Waals surface area (Å²) in [5.74, 6) is -0.353. The molecule has 0 spiro atoms. The van der Waals surface area contributed by atoms with Crippen LogP contribution in [0.4, 0.5) is 0 Å². The summed E-state index contributed by atoms with van der Waals surface area (Å²) in [4.78, 5) is 25.6. The fourth-order valence-corrected chi connectivity index (χ4v) is 3.43. The van der Waals surface area contributed by atoms with Crippen molar-refractivity contribution in [3.05, 3.63) is 61.9 Å². The van der Waals surface area contributed by atoms with Crippen LogP contribution < -0.4 is 5.76 Å². The second-order valence-electron chi connectivity index (χ2n) is 5.87. The molecule has 24 heavy (non-hydrogen) atoms. The van der Waals surface area contributed by atoms with Crippen LogP contribution in [0.2, 0.25) is 0 Å². The number of carbonyl (C=O) groups excluding carboxylic acids is 1. The van der Waals surface area contributed by atoms with Crippen LogP contribution in [-0.4, -0.2) is 15.5 Å². The summed E-state index contributed by atoms with van der Waals surface area (Å²) in [6, 6.07) is 5.60. The maximum atomic E-state index is 12.8. The second kappa shape index (κ2) is 6.20. The molecule has 0 aliphatic heterocycles. The highest BCUT2D eigenvalue weighted by atomic mass is 32.1. The largest absolute Gasteiger partial charge is 0.442 e. The molecule has 0 saturated carbocycles. The topological polar surface area (TPSA) is 65.1 Å². The average Bonchev–Trinajstić information content (AvgIpc) is 3.19. The Hall–Kier alpha value is -2.47. The highest BCUT2D eigenvalue weighted by molar-refractivity contribution is 7.13. The van der Waals surface area contributed by atoms with Crippen molar-refractivity contribution in [2.75, 3.05) is 0 Å². The van der Waals surface area contributed by atoms with E-state index >= 15 is 0 Å². The lowest BCUT2D eigenvalue weighted by Crippen LogP contribution is -2.22. The lowest BCUT2D eigenvalue weighted by Gasteiger charge is -2.13. The zero-order valence-corrected chi connectivity index (χ0v) is 14.9. The van der Waals surface area contributed by atoms with E-state index in [1.54, 1.807) is 0 Å². The van der Waals surface area contributed by atoms with E-state index in [0.29, 0.717) is 11.4 Å². The Morgan fingerprint density at radius 2 is 1.96 bits per heavy atom. The van der Waals surface area contributed by atoms with Crippen molar-refractivity contribution < 1.29 is 9.32 Å². The molecule has 0 amide bonds. The summed E-state index contributed by atoms with van der Waals surface area (Å²) in [7, 11) is 0. The maximum absolute atomic E-state index is 12.8. The van der Waals surface area contributed by atoms with Gasteiger partial charge in [-0.15, -0.1) is 11.3 Å². The van der Waals surface area contributed by atoms with Gasteiger partial charge in [0.05, 0.1) is 11.4 Å². The minimum atomic E-state index is -0.620. The van der Waals surface area contributed by atoms with Crippen LogP contribution in [0.15, 0.2) is 32.9 Å². The molecule has 0 N–H and O–H groups in total. The molecule has 2 aromatic heterocycles. The Labute approximate surface area is 143 Å². The maximum Gasteiger partial charge on any atom is 0.442 e. The predicted molar refractivity (Wildman–Crippen MR) is 93.8 cm³/mol. The molecule has 2 heterocycles. The van der Waals surface area contributed by atoms with Crippen molar-refractivity contribution in [2.24, 2.45) is 0 Å². The van der Waals surface area contributed by atoms with Gasteiger partial charge >= 0.3 is 5.76 Å². The van der Waals surface area contributed by atoms with Gasteiger partial charge in [-0.05, 0) is 67.5 Å². The van der Waals surface area contributed by atoms with Gasteiger partial charge in [0.25, 0.3) is 0 Å². The third-order valence-electron chi connectivity index (χ3n) is 4.51. The second-order valence-corrected chi connectivity index (χ2v) is 6.82. The number of aryl methyl sites for hydroxylation is 1. The van der Waals surface area contributed by atoms with Crippen molar-refractivity contribution in [3.63, 3.8) is 0 Å². The Bertz CT molecular complexity index is 965. The summed E-state index contributed by atoms with van der Waals surface area (Å²) in [6.07, 6.45) is 0. The first-order chi connectivity index (χ1) is 11.4. The van der Waals surface area contributed by atoms with Gasteiger partial charge in [0.1, 0.15) is 0 Å². The van der Waals surface area contributed by atoms with Crippen molar-refractivity contribution >= 4 is 17.1 Å². The number of nitrogens with zero attached hydrogens (tertiary/aromatic N) is 2. The molecule has 3 rings (SSSR count). The summed E-state index contributed by atoms with van der Waals surface area (Å²) < 4.78 is 6.05. The molecule has 0 atom stereocenters. The minimum Gasteiger partial charge on any atom is -0.295 e. The molecule has 6 heteroatoms. The first-order valence-electron chi connectivity index (χ1n) is 7.61. The zero-order valence-electron chi connectivity index (χ0n) is 14.0. The van der Waals surface area contributed by atoms with Gasteiger partial charge < -0.3 is 0 Å². The van der Waals surface area contributed by atoms with Crippen LogP contribution in [0.25, 0.3) is 10.7 Å². The van der Waals surface area contributed by atoms with E-state index in [1.807, 2.05) is 51.3 Å². The fraction of sp³-hybridized carbons (Fsp3) is 0.278. The van der Waals surface area contributed by atoms with Gasteiger partial charge in [-0.25, -0.2) is 9.36 Å². The highest BCUT2D eigenvalue weighted by Gasteiger charge is 2.20. The van der Waals surface area contributed by atoms with E-state index in [2.05, 4.69) is 5.16 Å². The Kier molecular flexibility index (Phi) is 4.24. The number of carbonyl (C=O) groups is 1. The van der Waals surface area contributed by atoms with Gasteiger partial charge in [-0.3, -0.25) is 9.32 Å². The summed E-state index contributed by atoms with van der Waals surface area (Å²) >= 11 is 1.44. The first kappa shape index (κ1) is 16.4. The lowest BCUT2D eigenvalue weighted by atomic mass is 9.92. The fourth-order valence-electron chi connectivity index (χ4n) is 2.72. The van der Waals surface area contributed by atoms with Gasteiger partial charge in [0.15, 0.2) is 11.6 Å². The van der Waals surface area contributed by atoms with Crippen LogP contribution in [0, 0.1) is 27.7 Å². The van der Waals surface area contributed by atoms with Crippen molar-refractivity contribution in [1.29, 1.82) is 0 Å². The number of thiophene rings is 1. The summed E-state index contributed by atoms with van der Waals surface area (Å²) in [5, 5.41) is 5.70. The van der Waals surface area contributed by atoms with E-state index in [1.165, 1.54) is 21.5 Å². The molecular weight excluding hydrogens is 324 g/mol. The van der Waals surface area contributed by atoms with Gasteiger partial charge in [-0.2, -0.15) is 0 Å². The molecule has 0 unspecified atom stereocenters. The minimum absolute atomic E-state index is 0.0850. The van der Waals surface area contributed by atoms with Crippen molar-refractivity contribution in [2.45, 2.75) is 34.2 Å². The average molecular weight is 342 g/mol. The quantitative estimate of drug-likeness (QED) is 0.678. The SMILES string of the molecule is Cc1cc(C(=O)Cn2c(-c3cccs3)noc2=O)c(C)c(C)c1C. The van der Waals surface area contributed by atoms with Gasteiger partial charge in [-0.1, -0.05) is 11.2 Å². The Morgan fingerprint density at radius 3 is 2.62 bits per heavy atom. The van der Waals surface area contributed by atoms with Crippen molar-refractivity contribution in [1.82, 2.24) is 9.72 Å². The Balaban J connectivity index is 2.01. The number of benzene rings is 1. The summed E-state index contributed by atoms with van der Waals surface area (Å²) in [6.45, 7) is 7.90. The van der Waals surface area contributed by atoms with Crippen LogP contribution in [0.5, 0.6) is 0 Å². The van der Waals surface area contributed by atoms with Gasteiger partial charge in [0, 0.05) is 5.56 Å². The number of rotatable bonds is 4. The molecule has 3 aromatic rings. The predicted octanol–water partition coefficient (Wildman–Crippen LogP) is 3.68. The molecule has 0 aliphatic rings. The normalized spacial score (nSPS) is 11.0. The monoisotopic (exact) mass is 342 g/mol. The van der Waals surface area contributed by atoms with Gasteiger partial charge in [0.2, 0.25) is 0 Å². The molecule has 0 bridgehead atoms. The molecule has 0 aliphatic carbocycles. The molecule has 0 fully saturated rings. The lowest BCUT2D eigenvalue weighted by molar-refractivity contribution is 0.0969. The molecule has 1 aromatic carbocycles. The standard InChI is InChI=1S/C18H18N2O3S/c1-10-8-14(13(4)12(3)11(10)2)15(21)9-20-17(19-23-18(20)22)16-6-5-7-24-16/h5-8H,9H2,1-4H3. The van der Waals surface area contributed by atoms with Crippen LogP contribution in [0.1, 0.15) is 32.6 Å². The van der Waals surface area contributed by atoms with E-state index < -0.39 is 5.76 Å². The van der Waals surface area contributed by atoms with E-state index in [4.69, 9.17) is 4.52 Å². The number of hydrogen-bond donors (Lipinski definition) is 0. The number of hydrogen-bond acceptors (Lipinski definition) is 5. The van der Waals surface area contributed by atoms with E-state index in [0.717, 1.165) is 21.6 Å². The molecule has 5 nitrogen and oxygen atoms in total. The molecular formula is C18H18N2O3S. The number of ketones is 1. The molecule has 124 valence electrons. The number of Topliss-reactive ketones (excluding diaryl/α,β-unsaturated/α-hetero) is 1. The first-order valence-corrected chi connectivity index (χ1v) is 8.49. The molecule has 0 saturated heterocycles. The van der Waals surface area contributed by atoms with E-state index in [-0.39, 0.29) is 12.3 Å². The molecule has 0 radical (unpaired) electrons. The third kappa shape index (κ3) is 2.73. The van der Waals surface area contributed by atoms with Crippen LogP contribution in [-0.2, 0) is 6.54 Å². The smallest absolute Gasteiger partial charge is 0.295 e. The Morgan fingerprint density at radius 1 is 1.21 bits per heavy atom. The van der Waals surface area contributed by atoms with Crippen LogP contribution in [0.3, 0.4) is 0 Å². The third-order valence-corrected chi connectivity index (χ3v) is 5.38. The zero-order chi connectivity index (χ0) is 17.4.